The van der Waals surface area contributed by atoms with Gasteiger partial charge in [0.15, 0.2) is 0 Å². The van der Waals surface area contributed by atoms with Crippen LogP contribution in [-0.4, -0.2) is 5.11 Å². The minimum absolute atomic E-state index is 0.163. The van der Waals surface area contributed by atoms with E-state index >= 15 is 0 Å². The number of rotatable bonds is 4. The Hall–Kier alpha value is -1.22. The molecule has 2 rings (SSSR count). The summed E-state index contributed by atoms with van der Waals surface area (Å²) >= 11 is 12.0. The van der Waals surface area contributed by atoms with Gasteiger partial charge in [-0.05, 0) is 30.2 Å². The largest absolute Gasteiger partial charge is 0.487 e. The van der Waals surface area contributed by atoms with Crippen LogP contribution in [0, 0.1) is 6.92 Å². The van der Waals surface area contributed by atoms with E-state index in [1.807, 2.05) is 31.2 Å². The zero-order valence-electron chi connectivity index (χ0n) is 10.5. The van der Waals surface area contributed by atoms with Crippen molar-refractivity contribution in [2.24, 2.45) is 0 Å². The summed E-state index contributed by atoms with van der Waals surface area (Å²) in [6.45, 7) is 2.26. The van der Waals surface area contributed by atoms with E-state index in [1.165, 1.54) is 0 Å². The molecule has 0 spiro atoms. The molecule has 0 saturated carbocycles. The minimum atomic E-state index is -0.163. The van der Waals surface area contributed by atoms with Crippen molar-refractivity contribution < 1.29 is 9.84 Å². The van der Waals surface area contributed by atoms with Crippen LogP contribution < -0.4 is 4.74 Å². The molecule has 0 bridgehead atoms. The van der Waals surface area contributed by atoms with Crippen LogP contribution in [0.3, 0.4) is 0 Å². The van der Waals surface area contributed by atoms with E-state index in [2.05, 4.69) is 0 Å². The van der Waals surface area contributed by atoms with Gasteiger partial charge in [0.2, 0.25) is 0 Å². The maximum atomic E-state index is 9.32. The molecule has 0 fully saturated rings. The first-order chi connectivity index (χ1) is 9.11. The molecular formula is C15H14Cl2O2. The second-order valence-electron chi connectivity index (χ2n) is 4.25. The highest BCUT2D eigenvalue weighted by Crippen LogP contribution is 2.33. The number of aryl methyl sites for hydroxylation is 1. The molecule has 0 atom stereocenters. The summed E-state index contributed by atoms with van der Waals surface area (Å²) in [5.74, 6) is 0.483. The van der Waals surface area contributed by atoms with E-state index in [9.17, 15) is 5.11 Å². The number of hydrogen-bond acceptors (Lipinski definition) is 2. The molecule has 0 aliphatic heterocycles. The molecule has 0 aliphatic carbocycles. The zero-order valence-corrected chi connectivity index (χ0v) is 12.0. The fourth-order valence-electron chi connectivity index (χ4n) is 1.81. The molecule has 19 heavy (non-hydrogen) atoms. The number of ether oxygens (including phenoxy) is 1. The number of aliphatic hydroxyl groups is 1. The molecule has 100 valence electrons. The highest BCUT2D eigenvalue weighted by molar-refractivity contribution is 6.35. The Labute approximate surface area is 122 Å². The monoisotopic (exact) mass is 296 g/mol. The lowest BCUT2D eigenvalue weighted by atomic mass is 10.1. The van der Waals surface area contributed by atoms with Crippen LogP contribution in [0.5, 0.6) is 5.75 Å². The standard InChI is InChI=1S/C15H14Cl2O2/c1-10-4-2-3-5-11(10)9-19-15-12(8-18)6-13(16)7-14(15)17/h2-7,18H,8-9H2,1H3. The van der Waals surface area contributed by atoms with Gasteiger partial charge in [-0.1, -0.05) is 47.5 Å². The fourth-order valence-corrected chi connectivity index (χ4v) is 2.40. The summed E-state index contributed by atoms with van der Waals surface area (Å²) < 4.78 is 5.73. The van der Waals surface area contributed by atoms with Crippen molar-refractivity contribution in [2.75, 3.05) is 0 Å². The van der Waals surface area contributed by atoms with Gasteiger partial charge in [0.25, 0.3) is 0 Å². The summed E-state index contributed by atoms with van der Waals surface area (Å²) in [7, 11) is 0. The van der Waals surface area contributed by atoms with Crippen molar-refractivity contribution in [3.63, 3.8) is 0 Å². The van der Waals surface area contributed by atoms with Crippen LogP contribution in [0.4, 0.5) is 0 Å². The Morgan fingerprint density at radius 2 is 1.84 bits per heavy atom. The van der Waals surface area contributed by atoms with Crippen LogP contribution in [0.25, 0.3) is 0 Å². The van der Waals surface area contributed by atoms with E-state index in [4.69, 9.17) is 27.9 Å². The molecule has 0 aromatic heterocycles. The Morgan fingerprint density at radius 1 is 1.11 bits per heavy atom. The SMILES string of the molecule is Cc1ccccc1COc1c(Cl)cc(Cl)cc1CO. The van der Waals surface area contributed by atoms with Crippen LogP contribution in [0.1, 0.15) is 16.7 Å². The summed E-state index contributed by atoms with van der Waals surface area (Å²) in [6.07, 6.45) is 0. The molecule has 0 heterocycles. The van der Waals surface area contributed by atoms with Crippen molar-refractivity contribution in [3.8, 4) is 5.75 Å². The summed E-state index contributed by atoms with van der Waals surface area (Å²) in [6, 6.07) is 11.2. The van der Waals surface area contributed by atoms with Crippen molar-refractivity contribution >= 4 is 23.2 Å². The first-order valence-electron chi connectivity index (χ1n) is 5.88. The first kappa shape index (κ1) is 14.2. The van der Waals surface area contributed by atoms with E-state index < -0.39 is 0 Å². The molecular weight excluding hydrogens is 283 g/mol. The van der Waals surface area contributed by atoms with Gasteiger partial charge in [0, 0.05) is 10.6 Å². The first-order valence-corrected chi connectivity index (χ1v) is 6.63. The summed E-state index contributed by atoms with van der Waals surface area (Å²) in [5, 5.41) is 10.2. The lowest BCUT2D eigenvalue weighted by Crippen LogP contribution is -2.01. The molecule has 2 aromatic carbocycles. The normalized spacial score (nSPS) is 10.5. The molecule has 0 saturated heterocycles. The Morgan fingerprint density at radius 3 is 2.53 bits per heavy atom. The van der Waals surface area contributed by atoms with Gasteiger partial charge in [-0.2, -0.15) is 0 Å². The third kappa shape index (κ3) is 3.41. The average Bonchev–Trinajstić information content (AvgIpc) is 2.38. The van der Waals surface area contributed by atoms with Crippen LogP contribution in [-0.2, 0) is 13.2 Å². The zero-order chi connectivity index (χ0) is 13.8. The van der Waals surface area contributed by atoms with Gasteiger partial charge in [0.05, 0.1) is 11.6 Å². The van der Waals surface area contributed by atoms with Crippen LogP contribution in [0.15, 0.2) is 36.4 Å². The van der Waals surface area contributed by atoms with Crippen LogP contribution >= 0.6 is 23.2 Å². The average molecular weight is 297 g/mol. The van der Waals surface area contributed by atoms with Gasteiger partial charge >= 0.3 is 0 Å². The molecule has 0 amide bonds. The Kier molecular flexibility index (Phi) is 4.70. The van der Waals surface area contributed by atoms with E-state index in [0.29, 0.717) is 28.0 Å². The molecule has 2 nitrogen and oxygen atoms in total. The van der Waals surface area contributed by atoms with Gasteiger partial charge in [-0.25, -0.2) is 0 Å². The highest BCUT2D eigenvalue weighted by atomic mass is 35.5. The second-order valence-corrected chi connectivity index (χ2v) is 5.09. The topological polar surface area (TPSA) is 29.5 Å². The van der Waals surface area contributed by atoms with Gasteiger partial charge in [0.1, 0.15) is 12.4 Å². The van der Waals surface area contributed by atoms with E-state index in [1.54, 1.807) is 12.1 Å². The lowest BCUT2D eigenvalue weighted by molar-refractivity contribution is 0.259. The van der Waals surface area contributed by atoms with E-state index in [-0.39, 0.29) is 6.61 Å². The number of hydrogen-bond donors (Lipinski definition) is 1. The molecule has 0 aliphatic rings. The van der Waals surface area contributed by atoms with Crippen molar-refractivity contribution in [1.29, 1.82) is 0 Å². The highest BCUT2D eigenvalue weighted by Gasteiger charge is 2.10. The molecule has 1 N–H and O–H groups in total. The lowest BCUT2D eigenvalue weighted by Gasteiger charge is -2.13. The predicted molar refractivity (Wildman–Crippen MR) is 77.9 cm³/mol. The van der Waals surface area contributed by atoms with Gasteiger partial charge < -0.3 is 9.84 Å². The number of benzene rings is 2. The van der Waals surface area contributed by atoms with Crippen molar-refractivity contribution in [2.45, 2.75) is 20.1 Å². The summed E-state index contributed by atoms with van der Waals surface area (Å²) in [5.41, 5.74) is 2.82. The van der Waals surface area contributed by atoms with Crippen molar-refractivity contribution in [3.05, 3.63) is 63.1 Å². The fraction of sp³-hybridized carbons (Fsp3) is 0.200. The maximum absolute atomic E-state index is 9.32. The number of halogens is 2. The third-order valence-electron chi connectivity index (χ3n) is 2.89. The molecule has 2 aromatic rings. The Balaban J connectivity index is 2.22. The predicted octanol–water partition coefficient (Wildman–Crippen LogP) is 4.37. The van der Waals surface area contributed by atoms with E-state index in [0.717, 1.165) is 11.1 Å². The molecule has 0 radical (unpaired) electrons. The Bertz CT molecular complexity index is 582. The van der Waals surface area contributed by atoms with Gasteiger partial charge in [-0.3, -0.25) is 0 Å². The van der Waals surface area contributed by atoms with Crippen molar-refractivity contribution in [1.82, 2.24) is 0 Å². The quantitative estimate of drug-likeness (QED) is 0.908. The molecule has 4 heteroatoms. The summed E-state index contributed by atoms with van der Waals surface area (Å²) in [4.78, 5) is 0. The van der Waals surface area contributed by atoms with Crippen LogP contribution in [0.2, 0.25) is 10.0 Å². The van der Waals surface area contributed by atoms with Gasteiger partial charge in [-0.15, -0.1) is 0 Å². The minimum Gasteiger partial charge on any atom is -0.487 e. The second kappa shape index (κ2) is 6.29. The molecule has 0 unspecified atom stereocenters. The smallest absolute Gasteiger partial charge is 0.144 e. The third-order valence-corrected chi connectivity index (χ3v) is 3.39. The maximum Gasteiger partial charge on any atom is 0.144 e. The number of aliphatic hydroxyl groups excluding tert-OH is 1.